The normalized spacial score (nSPS) is 24.1. The van der Waals surface area contributed by atoms with Gasteiger partial charge in [0.25, 0.3) is 0 Å². The molecule has 1 saturated carbocycles. The Morgan fingerprint density at radius 1 is 1.32 bits per heavy atom. The molecule has 0 aromatic heterocycles. The van der Waals surface area contributed by atoms with Gasteiger partial charge in [-0.05, 0) is 31.1 Å². The maximum Gasteiger partial charge on any atom is 0.190 e. The maximum absolute atomic E-state index is 5.75. The Hall–Kier alpha value is -0.0800. The largest absolute Gasteiger partial charge is 0.379 e. The summed E-state index contributed by atoms with van der Waals surface area (Å²) in [4.78, 5) is 4.29. The molecule has 2 fully saturated rings. The second-order valence-corrected chi connectivity index (χ2v) is 6.58. The fraction of sp³-hybridized carbons (Fsp3) is 0.938. The molecule has 0 aromatic carbocycles. The molecule has 1 saturated heterocycles. The van der Waals surface area contributed by atoms with Crippen molar-refractivity contribution in [2.45, 2.75) is 51.6 Å². The molecule has 22 heavy (non-hydrogen) atoms. The molecule has 0 bridgehead atoms. The molecule has 1 atom stereocenters. The van der Waals surface area contributed by atoms with Gasteiger partial charge < -0.3 is 20.1 Å². The van der Waals surface area contributed by atoms with Crippen LogP contribution < -0.4 is 10.6 Å². The van der Waals surface area contributed by atoms with E-state index in [0.29, 0.717) is 11.5 Å². The first-order valence-corrected chi connectivity index (χ1v) is 8.36. The molecule has 5 nitrogen and oxygen atoms in total. The van der Waals surface area contributed by atoms with Gasteiger partial charge in [-0.25, -0.2) is 0 Å². The van der Waals surface area contributed by atoms with E-state index in [-0.39, 0.29) is 24.0 Å². The highest BCUT2D eigenvalue weighted by Gasteiger charge is 2.28. The number of nitrogens with zero attached hydrogens (tertiary/aromatic N) is 1. The van der Waals surface area contributed by atoms with Crippen LogP contribution in [0.1, 0.15) is 45.4 Å². The third kappa shape index (κ3) is 7.00. The lowest BCUT2D eigenvalue weighted by Gasteiger charge is -2.25. The van der Waals surface area contributed by atoms with Gasteiger partial charge in [0.15, 0.2) is 5.96 Å². The van der Waals surface area contributed by atoms with E-state index < -0.39 is 0 Å². The van der Waals surface area contributed by atoms with Crippen molar-refractivity contribution in [3.8, 4) is 0 Å². The van der Waals surface area contributed by atoms with Crippen molar-refractivity contribution in [2.75, 3.05) is 40.0 Å². The highest BCUT2D eigenvalue weighted by Crippen LogP contribution is 2.36. The molecule has 1 heterocycles. The molecular formula is C16H32IN3O2. The Labute approximate surface area is 152 Å². The minimum absolute atomic E-state index is 0. The predicted octanol–water partition coefficient (Wildman–Crippen LogP) is 2.55. The number of nitrogens with one attached hydrogen (secondary N) is 2. The van der Waals surface area contributed by atoms with E-state index in [1.807, 2.05) is 7.05 Å². The summed E-state index contributed by atoms with van der Waals surface area (Å²) >= 11 is 0. The summed E-state index contributed by atoms with van der Waals surface area (Å²) in [5.74, 6) is 0.910. The zero-order valence-corrected chi connectivity index (χ0v) is 16.4. The van der Waals surface area contributed by atoms with Crippen LogP contribution in [0.2, 0.25) is 0 Å². The molecule has 1 unspecified atom stereocenters. The first-order chi connectivity index (χ1) is 10.2. The van der Waals surface area contributed by atoms with E-state index in [2.05, 4.69) is 22.5 Å². The van der Waals surface area contributed by atoms with Crippen LogP contribution in [0, 0.1) is 5.41 Å². The fourth-order valence-electron chi connectivity index (χ4n) is 3.10. The Bertz CT molecular complexity index is 327. The summed E-state index contributed by atoms with van der Waals surface area (Å²) in [6.45, 7) is 6.67. The SMILES string of the molecule is CN=C(NCCCOC1CCOC1)NCC1(C)CCCC1.I. The van der Waals surface area contributed by atoms with Crippen molar-refractivity contribution in [3.63, 3.8) is 0 Å². The lowest BCUT2D eigenvalue weighted by molar-refractivity contribution is 0.0420. The molecule has 2 rings (SSSR count). The smallest absolute Gasteiger partial charge is 0.190 e. The van der Waals surface area contributed by atoms with Gasteiger partial charge >= 0.3 is 0 Å². The maximum atomic E-state index is 5.75. The molecule has 6 heteroatoms. The number of rotatable bonds is 7. The molecular weight excluding hydrogens is 393 g/mol. The molecule has 0 amide bonds. The van der Waals surface area contributed by atoms with E-state index in [1.54, 1.807) is 0 Å². The third-order valence-corrected chi connectivity index (χ3v) is 4.57. The Kier molecular flexibility index (Phi) is 9.66. The number of guanidine groups is 1. The number of hydrogen-bond donors (Lipinski definition) is 2. The van der Waals surface area contributed by atoms with Gasteiger partial charge in [-0.1, -0.05) is 19.8 Å². The van der Waals surface area contributed by atoms with Crippen molar-refractivity contribution >= 4 is 29.9 Å². The van der Waals surface area contributed by atoms with Crippen LogP contribution in [0.5, 0.6) is 0 Å². The minimum atomic E-state index is 0. The molecule has 0 radical (unpaired) electrons. The van der Waals surface area contributed by atoms with Crippen molar-refractivity contribution in [1.82, 2.24) is 10.6 Å². The molecule has 2 aliphatic rings. The predicted molar refractivity (Wildman–Crippen MR) is 101 cm³/mol. The molecule has 0 aromatic rings. The highest BCUT2D eigenvalue weighted by molar-refractivity contribution is 14.0. The zero-order valence-electron chi connectivity index (χ0n) is 14.0. The quantitative estimate of drug-likeness (QED) is 0.285. The van der Waals surface area contributed by atoms with Crippen LogP contribution >= 0.6 is 24.0 Å². The van der Waals surface area contributed by atoms with Crippen LogP contribution in [0.25, 0.3) is 0 Å². The second-order valence-electron chi connectivity index (χ2n) is 6.58. The van der Waals surface area contributed by atoms with Crippen molar-refractivity contribution in [1.29, 1.82) is 0 Å². The summed E-state index contributed by atoms with van der Waals surface area (Å²) in [7, 11) is 1.83. The van der Waals surface area contributed by atoms with E-state index in [0.717, 1.165) is 51.7 Å². The number of aliphatic imine (C=N–C) groups is 1. The van der Waals surface area contributed by atoms with Gasteiger partial charge in [-0.2, -0.15) is 0 Å². The molecule has 1 aliphatic heterocycles. The lowest BCUT2D eigenvalue weighted by Crippen LogP contribution is -2.42. The first-order valence-electron chi connectivity index (χ1n) is 8.36. The summed E-state index contributed by atoms with van der Waals surface area (Å²) in [6.07, 6.45) is 7.73. The average Bonchev–Trinajstić information content (AvgIpc) is 3.14. The van der Waals surface area contributed by atoms with Crippen molar-refractivity contribution in [2.24, 2.45) is 10.4 Å². The number of halogens is 1. The first kappa shape index (κ1) is 20.0. The molecule has 130 valence electrons. The summed E-state index contributed by atoms with van der Waals surface area (Å²) < 4.78 is 11.0. The van der Waals surface area contributed by atoms with Crippen LogP contribution in [0.3, 0.4) is 0 Å². The Morgan fingerprint density at radius 2 is 2.09 bits per heavy atom. The van der Waals surface area contributed by atoms with Crippen LogP contribution in [0.15, 0.2) is 4.99 Å². The van der Waals surface area contributed by atoms with Gasteiger partial charge in [0.1, 0.15) is 0 Å². The average molecular weight is 425 g/mol. The van der Waals surface area contributed by atoms with Crippen molar-refractivity contribution in [3.05, 3.63) is 0 Å². The zero-order chi connectivity index (χ0) is 15.0. The second kappa shape index (κ2) is 10.6. The van der Waals surface area contributed by atoms with Gasteiger partial charge in [-0.15, -0.1) is 24.0 Å². The standard InChI is InChI=1S/C16H31N3O2.HI/c1-16(7-3-4-8-16)13-19-15(17-2)18-9-5-10-21-14-6-11-20-12-14;/h14H,3-13H2,1-2H3,(H2,17,18,19);1H. The van der Waals surface area contributed by atoms with E-state index in [4.69, 9.17) is 9.47 Å². The number of ether oxygens (including phenoxy) is 2. The Balaban J connectivity index is 0.00000242. The summed E-state index contributed by atoms with van der Waals surface area (Å²) in [6, 6.07) is 0. The molecule has 1 aliphatic carbocycles. The number of hydrogen-bond acceptors (Lipinski definition) is 3. The molecule has 2 N–H and O–H groups in total. The summed E-state index contributed by atoms with van der Waals surface area (Å²) in [5, 5.41) is 6.83. The van der Waals surface area contributed by atoms with Crippen molar-refractivity contribution < 1.29 is 9.47 Å². The van der Waals surface area contributed by atoms with Crippen LogP contribution in [-0.4, -0.2) is 52.0 Å². The van der Waals surface area contributed by atoms with E-state index >= 15 is 0 Å². The minimum Gasteiger partial charge on any atom is -0.379 e. The Morgan fingerprint density at radius 3 is 2.73 bits per heavy atom. The van der Waals surface area contributed by atoms with Gasteiger partial charge in [0.2, 0.25) is 0 Å². The van der Waals surface area contributed by atoms with Crippen LogP contribution in [-0.2, 0) is 9.47 Å². The highest BCUT2D eigenvalue weighted by atomic mass is 127. The van der Waals surface area contributed by atoms with Gasteiger partial charge in [0.05, 0.1) is 12.7 Å². The summed E-state index contributed by atoms with van der Waals surface area (Å²) in [5.41, 5.74) is 0.448. The molecule has 0 spiro atoms. The fourth-order valence-corrected chi connectivity index (χ4v) is 3.10. The van der Waals surface area contributed by atoms with Gasteiger partial charge in [-0.3, -0.25) is 4.99 Å². The van der Waals surface area contributed by atoms with E-state index in [9.17, 15) is 0 Å². The lowest BCUT2D eigenvalue weighted by atomic mass is 9.89. The van der Waals surface area contributed by atoms with Gasteiger partial charge in [0, 0.05) is 33.4 Å². The monoisotopic (exact) mass is 425 g/mol. The van der Waals surface area contributed by atoms with Crippen LogP contribution in [0.4, 0.5) is 0 Å². The third-order valence-electron chi connectivity index (χ3n) is 4.57. The van der Waals surface area contributed by atoms with E-state index in [1.165, 1.54) is 25.7 Å². The topological polar surface area (TPSA) is 54.9 Å².